The number of hydrogen-bond donors (Lipinski definition) is 0. The second-order valence-electron chi connectivity index (χ2n) is 9.57. The van der Waals surface area contributed by atoms with Crippen LogP contribution in [0.4, 0.5) is 0 Å². The first-order valence-corrected chi connectivity index (χ1v) is 12.9. The van der Waals surface area contributed by atoms with Gasteiger partial charge in [-0.15, -0.1) is 0 Å². The molecule has 0 aromatic heterocycles. The number of carbonyl (C=O) groups is 3. The number of Topliss-reactive ketones (excluding diaryl/α,β-unsaturated/α-hetero) is 1. The largest absolute Gasteiger partial charge is 0.495 e. The third-order valence-corrected chi connectivity index (χ3v) is 6.97. The van der Waals surface area contributed by atoms with Crippen LogP contribution >= 0.6 is 0 Å². The minimum absolute atomic E-state index is 0.0624. The molecule has 0 radical (unpaired) electrons. The van der Waals surface area contributed by atoms with Gasteiger partial charge in [0.1, 0.15) is 22.8 Å². The van der Waals surface area contributed by atoms with Crippen molar-refractivity contribution in [2.45, 2.75) is 63.9 Å². The molecule has 0 bridgehead atoms. The Labute approximate surface area is 222 Å². The Balaban J connectivity index is 1.86. The standard InChI is InChI=1S/C30H34O8/c1-18-9-8-12-21(31)11-7-5-6-10-20-16-25-28(29(36-4)27(20)30(33)37-18)22(17-26(32)38-25)19-13-14-23(34-2)24(15-19)35-3/h6,10,13-16,18,22H,5,7-9,11-12,17H2,1-4H3/b10-6+/t18-,22?/m0/s1. The second-order valence-corrected chi connectivity index (χ2v) is 9.57. The summed E-state index contributed by atoms with van der Waals surface area (Å²) in [5, 5.41) is 0. The molecule has 2 heterocycles. The average Bonchev–Trinajstić information content (AvgIpc) is 2.90. The molecule has 38 heavy (non-hydrogen) atoms. The molecule has 202 valence electrons. The number of ether oxygens (including phenoxy) is 5. The molecular weight excluding hydrogens is 488 g/mol. The molecule has 0 saturated heterocycles. The molecule has 1 unspecified atom stereocenters. The second kappa shape index (κ2) is 12.2. The summed E-state index contributed by atoms with van der Waals surface area (Å²) in [6.45, 7) is 1.82. The molecule has 2 aromatic carbocycles. The first-order valence-electron chi connectivity index (χ1n) is 12.9. The monoisotopic (exact) mass is 522 g/mol. The first-order chi connectivity index (χ1) is 18.4. The minimum Gasteiger partial charge on any atom is -0.495 e. The van der Waals surface area contributed by atoms with E-state index in [9.17, 15) is 14.4 Å². The van der Waals surface area contributed by atoms with Gasteiger partial charge in [0.25, 0.3) is 0 Å². The Morgan fingerprint density at radius 1 is 0.921 bits per heavy atom. The van der Waals surface area contributed by atoms with Gasteiger partial charge < -0.3 is 23.7 Å². The Hall–Kier alpha value is -3.81. The number of rotatable bonds is 4. The van der Waals surface area contributed by atoms with E-state index in [-0.39, 0.29) is 29.8 Å². The number of carbonyl (C=O) groups excluding carboxylic acids is 3. The fraction of sp³-hybridized carbons (Fsp3) is 0.433. The summed E-state index contributed by atoms with van der Waals surface area (Å²) in [7, 11) is 4.60. The lowest BCUT2D eigenvalue weighted by molar-refractivity contribution is -0.135. The molecule has 2 aliphatic heterocycles. The van der Waals surface area contributed by atoms with Gasteiger partial charge in [-0.1, -0.05) is 18.2 Å². The number of hydrogen-bond acceptors (Lipinski definition) is 8. The topological polar surface area (TPSA) is 97.4 Å². The first kappa shape index (κ1) is 27.2. The molecule has 0 saturated carbocycles. The number of ketones is 1. The van der Waals surface area contributed by atoms with Gasteiger partial charge in [0, 0.05) is 24.3 Å². The van der Waals surface area contributed by atoms with Gasteiger partial charge >= 0.3 is 11.9 Å². The molecule has 2 atom stereocenters. The maximum Gasteiger partial charge on any atom is 0.342 e. The molecule has 0 amide bonds. The summed E-state index contributed by atoms with van der Waals surface area (Å²) >= 11 is 0. The van der Waals surface area contributed by atoms with Gasteiger partial charge in [-0.05, 0) is 61.9 Å². The van der Waals surface area contributed by atoms with Gasteiger partial charge in [0.15, 0.2) is 11.5 Å². The number of esters is 2. The van der Waals surface area contributed by atoms with E-state index >= 15 is 0 Å². The number of allylic oxidation sites excluding steroid dienone is 1. The van der Waals surface area contributed by atoms with E-state index in [4.69, 9.17) is 23.7 Å². The van der Waals surface area contributed by atoms with Gasteiger partial charge in [0.2, 0.25) is 0 Å². The third kappa shape index (κ3) is 5.85. The highest BCUT2D eigenvalue weighted by molar-refractivity contribution is 5.99. The average molecular weight is 523 g/mol. The lowest BCUT2D eigenvalue weighted by Gasteiger charge is -2.29. The summed E-state index contributed by atoms with van der Waals surface area (Å²) in [4.78, 5) is 38.4. The van der Waals surface area contributed by atoms with Gasteiger partial charge in [-0.3, -0.25) is 9.59 Å². The highest BCUT2D eigenvalue weighted by atomic mass is 16.5. The van der Waals surface area contributed by atoms with Crippen molar-refractivity contribution in [2.24, 2.45) is 0 Å². The van der Waals surface area contributed by atoms with Crippen molar-refractivity contribution in [3.05, 3.63) is 52.6 Å². The van der Waals surface area contributed by atoms with E-state index in [0.717, 1.165) is 12.0 Å². The highest BCUT2D eigenvalue weighted by Crippen LogP contribution is 2.48. The van der Waals surface area contributed by atoms with Crippen LogP contribution in [0.5, 0.6) is 23.0 Å². The predicted molar refractivity (Wildman–Crippen MR) is 141 cm³/mol. The third-order valence-electron chi connectivity index (χ3n) is 6.97. The van der Waals surface area contributed by atoms with Crippen molar-refractivity contribution in [3.63, 3.8) is 0 Å². The summed E-state index contributed by atoms with van der Waals surface area (Å²) in [6.07, 6.45) is 7.04. The van der Waals surface area contributed by atoms with Crippen molar-refractivity contribution in [2.75, 3.05) is 21.3 Å². The molecule has 8 nitrogen and oxygen atoms in total. The summed E-state index contributed by atoms with van der Waals surface area (Å²) in [6, 6.07) is 7.15. The molecule has 0 N–H and O–H groups in total. The van der Waals surface area contributed by atoms with E-state index in [1.54, 1.807) is 32.4 Å². The number of methoxy groups -OCH3 is 3. The molecule has 0 aliphatic carbocycles. The van der Waals surface area contributed by atoms with E-state index in [0.29, 0.717) is 66.2 Å². The van der Waals surface area contributed by atoms with Gasteiger partial charge in [-0.2, -0.15) is 0 Å². The van der Waals surface area contributed by atoms with Crippen LogP contribution < -0.4 is 18.9 Å². The zero-order chi connectivity index (χ0) is 27.2. The molecule has 4 rings (SSSR count). The normalized spacial score (nSPS) is 21.2. The van der Waals surface area contributed by atoms with Crippen LogP contribution in [0.2, 0.25) is 0 Å². The molecular formula is C30H34O8. The lowest BCUT2D eigenvalue weighted by atomic mass is 9.83. The molecule has 2 aliphatic rings. The van der Waals surface area contributed by atoms with E-state index < -0.39 is 11.9 Å². The smallest absolute Gasteiger partial charge is 0.342 e. The van der Waals surface area contributed by atoms with E-state index in [1.807, 2.05) is 25.1 Å². The van der Waals surface area contributed by atoms with E-state index in [1.165, 1.54) is 7.11 Å². The minimum atomic E-state index is -0.525. The van der Waals surface area contributed by atoms with Crippen molar-refractivity contribution >= 4 is 23.8 Å². The summed E-state index contributed by atoms with van der Waals surface area (Å²) in [5.41, 5.74) is 2.21. The van der Waals surface area contributed by atoms with Crippen LogP contribution in [0.15, 0.2) is 30.3 Å². The van der Waals surface area contributed by atoms with Crippen LogP contribution in [0.3, 0.4) is 0 Å². The summed E-state index contributed by atoms with van der Waals surface area (Å²) < 4.78 is 28.2. The summed E-state index contributed by atoms with van der Waals surface area (Å²) in [5.74, 6) is 0.597. The van der Waals surface area contributed by atoms with Crippen molar-refractivity contribution in [3.8, 4) is 23.0 Å². The van der Waals surface area contributed by atoms with Crippen molar-refractivity contribution in [1.29, 1.82) is 0 Å². The maximum absolute atomic E-state index is 13.6. The van der Waals surface area contributed by atoms with Crippen LogP contribution in [0.1, 0.15) is 84.8 Å². The highest BCUT2D eigenvalue weighted by Gasteiger charge is 2.36. The van der Waals surface area contributed by atoms with Gasteiger partial charge in [-0.25, -0.2) is 4.79 Å². The lowest BCUT2D eigenvalue weighted by Crippen LogP contribution is -2.24. The molecule has 0 fully saturated rings. The molecule has 2 aromatic rings. The quantitative estimate of drug-likeness (QED) is 0.376. The maximum atomic E-state index is 13.6. The zero-order valence-electron chi connectivity index (χ0n) is 22.3. The Kier molecular flexibility index (Phi) is 8.71. The Morgan fingerprint density at radius 2 is 1.68 bits per heavy atom. The Morgan fingerprint density at radius 3 is 2.42 bits per heavy atom. The van der Waals surface area contributed by atoms with Gasteiger partial charge in [0.05, 0.1) is 33.9 Å². The number of cyclic esters (lactones) is 1. The predicted octanol–water partition coefficient (Wildman–Crippen LogP) is 5.64. The SMILES string of the molecule is COc1ccc(C2CC(=O)Oc3cc4c(c(OC)c32)C(=O)O[C@@H](C)CCCC(=O)CCC/C=C/4)cc1OC. The zero-order valence-corrected chi connectivity index (χ0v) is 22.3. The van der Waals surface area contributed by atoms with E-state index in [2.05, 4.69) is 0 Å². The van der Waals surface area contributed by atoms with Crippen molar-refractivity contribution < 1.29 is 38.1 Å². The Bertz CT molecular complexity index is 1250. The van der Waals surface area contributed by atoms with Crippen molar-refractivity contribution in [1.82, 2.24) is 0 Å². The number of benzene rings is 2. The fourth-order valence-electron chi connectivity index (χ4n) is 5.06. The fourth-order valence-corrected chi connectivity index (χ4v) is 5.06. The molecule has 8 heteroatoms. The van der Waals surface area contributed by atoms with Crippen LogP contribution in [-0.2, 0) is 14.3 Å². The number of fused-ring (bicyclic) bond motifs is 2. The van der Waals surface area contributed by atoms with Crippen LogP contribution in [0.25, 0.3) is 6.08 Å². The van der Waals surface area contributed by atoms with Crippen LogP contribution in [-0.4, -0.2) is 45.2 Å². The molecule has 0 spiro atoms. The van der Waals surface area contributed by atoms with Crippen LogP contribution in [0, 0.1) is 0 Å².